The molecule has 0 spiro atoms. The zero-order valence-electron chi connectivity index (χ0n) is 16.9. The monoisotopic (exact) mass is 375 g/mol. The zero-order valence-corrected chi connectivity index (χ0v) is 16.9. The molecule has 1 heterocycles. The normalized spacial score (nSPS) is 22.5. The summed E-state index contributed by atoms with van der Waals surface area (Å²) in [5, 5.41) is 9.43. The van der Waals surface area contributed by atoms with Gasteiger partial charge in [-0.05, 0) is 82.1 Å². The third-order valence-electron chi connectivity index (χ3n) is 6.94. The van der Waals surface area contributed by atoms with Crippen molar-refractivity contribution in [3.63, 3.8) is 0 Å². The third kappa shape index (κ3) is 2.47. The van der Waals surface area contributed by atoms with Crippen molar-refractivity contribution in [1.82, 2.24) is 0 Å². The smallest absolute Gasteiger partial charge is 0.0566 e. The largest absolute Gasteiger partial charge is 0.378 e. The highest BCUT2D eigenvalue weighted by Crippen LogP contribution is 2.53. The Labute approximate surface area is 172 Å². The lowest BCUT2D eigenvalue weighted by Crippen LogP contribution is -2.30. The van der Waals surface area contributed by atoms with Crippen LogP contribution in [0.15, 0.2) is 78.9 Å². The van der Waals surface area contributed by atoms with Crippen LogP contribution in [-0.4, -0.2) is 0 Å². The molecule has 142 valence electrons. The van der Waals surface area contributed by atoms with E-state index in [0.29, 0.717) is 17.9 Å². The molecule has 0 bridgehead atoms. The first-order valence-corrected chi connectivity index (χ1v) is 10.7. The molecule has 1 aliphatic heterocycles. The molecule has 0 saturated heterocycles. The van der Waals surface area contributed by atoms with Crippen LogP contribution in [0.25, 0.3) is 21.5 Å². The van der Waals surface area contributed by atoms with Gasteiger partial charge in [0.2, 0.25) is 0 Å². The topological polar surface area (TPSA) is 12.0 Å². The van der Waals surface area contributed by atoms with Crippen molar-refractivity contribution in [2.24, 2.45) is 5.92 Å². The number of anilines is 1. The highest BCUT2D eigenvalue weighted by atomic mass is 15.0. The summed E-state index contributed by atoms with van der Waals surface area (Å²) >= 11 is 0. The number of rotatable bonds is 1. The van der Waals surface area contributed by atoms with Crippen LogP contribution >= 0.6 is 0 Å². The van der Waals surface area contributed by atoms with E-state index in [9.17, 15) is 0 Å². The molecule has 2 aliphatic rings. The van der Waals surface area contributed by atoms with Crippen LogP contribution in [0.5, 0.6) is 0 Å². The van der Waals surface area contributed by atoms with Crippen LogP contribution in [0.1, 0.15) is 40.6 Å². The molecule has 3 unspecified atom stereocenters. The van der Waals surface area contributed by atoms with Gasteiger partial charge in [-0.15, -0.1) is 0 Å². The maximum absolute atomic E-state index is 4.01. The molecule has 4 aromatic carbocycles. The lowest BCUT2D eigenvalue weighted by molar-refractivity contribution is 0.428. The average Bonchev–Trinajstić information content (AvgIpc) is 3.20. The summed E-state index contributed by atoms with van der Waals surface area (Å²) < 4.78 is 0. The van der Waals surface area contributed by atoms with Crippen LogP contribution in [-0.2, 0) is 0 Å². The van der Waals surface area contributed by atoms with Crippen molar-refractivity contribution < 1.29 is 0 Å². The fraction of sp³-hybridized carbons (Fsp3) is 0.214. The summed E-state index contributed by atoms with van der Waals surface area (Å²) in [5.74, 6) is 1.05. The highest BCUT2D eigenvalue weighted by molar-refractivity contribution is 6.03. The van der Waals surface area contributed by atoms with Crippen LogP contribution in [0.4, 0.5) is 5.69 Å². The molecule has 0 saturated carbocycles. The lowest BCUT2D eigenvalue weighted by atomic mass is 9.74. The first kappa shape index (κ1) is 16.9. The second-order valence-corrected chi connectivity index (χ2v) is 8.75. The standard InChI is InChI=1S/C28H25N/c1-17-14-18(2)26-23-12-7-13-24(23)28(29-25(26)15-17)27-21-10-5-3-8-19(21)16-20-9-4-6-11-22(20)27/h3-12,14-16,23-24,28-29H,13H2,1-2H3. The Morgan fingerprint density at radius 1 is 0.793 bits per heavy atom. The molecule has 6 rings (SSSR count). The Morgan fingerprint density at radius 2 is 1.48 bits per heavy atom. The molecule has 0 fully saturated rings. The molecule has 0 radical (unpaired) electrons. The van der Waals surface area contributed by atoms with Crippen molar-refractivity contribution >= 4 is 27.2 Å². The summed E-state index contributed by atoms with van der Waals surface area (Å²) in [5.41, 5.74) is 7.01. The van der Waals surface area contributed by atoms with Gasteiger partial charge in [0.05, 0.1) is 6.04 Å². The van der Waals surface area contributed by atoms with E-state index >= 15 is 0 Å². The summed E-state index contributed by atoms with van der Waals surface area (Å²) in [4.78, 5) is 0. The fourth-order valence-electron chi connectivity index (χ4n) is 5.81. The minimum absolute atomic E-state index is 0.305. The van der Waals surface area contributed by atoms with Crippen molar-refractivity contribution in [2.45, 2.75) is 32.2 Å². The molecular weight excluding hydrogens is 350 g/mol. The number of fused-ring (bicyclic) bond motifs is 5. The number of hydrogen-bond donors (Lipinski definition) is 1. The van der Waals surface area contributed by atoms with Gasteiger partial charge in [0, 0.05) is 11.6 Å². The molecular formula is C28H25N. The Balaban J connectivity index is 1.65. The molecule has 0 aromatic heterocycles. The molecule has 0 amide bonds. The number of aryl methyl sites for hydroxylation is 2. The van der Waals surface area contributed by atoms with Crippen LogP contribution in [0.2, 0.25) is 0 Å². The van der Waals surface area contributed by atoms with Gasteiger partial charge in [0.15, 0.2) is 0 Å². The maximum atomic E-state index is 4.01. The fourth-order valence-corrected chi connectivity index (χ4v) is 5.81. The Kier molecular flexibility index (Phi) is 3.61. The number of allylic oxidation sites excluding steroid dienone is 2. The summed E-state index contributed by atoms with van der Waals surface area (Å²) in [6.45, 7) is 4.47. The minimum Gasteiger partial charge on any atom is -0.378 e. The van der Waals surface area contributed by atoms with Gasteiger partial charge in [-0.1, -0.05) is 66.7 Å². The second-order valence-electron chi connectivity index (χ2n) is 8.75. The van der Waals surface area contributed by atoms with Gasteiger partial charge in [-0.3, -0.25) is 0 Å². The molecule has 1 heteroatoms. The van der Waals surface area contributed by atoms with Gasteiger partial charge in [-0.25, -0.2) is 0 Å². The van der Waals surface area contributed by atoms with Gasteiger partial charge in [0.25, 0.3) is 0 Å². The van der Waals surface area contributed by atoms with Gasteiger partial charge in [0.1, 0.15) is 0 Å². The minimum atomic E-state index is 0.305. The third-order valence-corrected chi connectivity index (χ3v) is 6.94. The number of nitrogens with one attached hydrogen (secondary N) is 1. The zero-order chi connectivity index (χ0) is 19.5. The molecule has 1 N–H and O–H groups in total. The van der Waals surface area contributed by atoms with E-state index in [-0.39, 0.29) is 0 Å². The Bertz CT molecular complexity index is 1240. The number of benzene rings is 4. The van der Waals surface area contributed by atoms with E-state index in [2.05, 4.69) is 98.0 Å². The predicted molar refractivity (Wildman–Crippen MR) is 124 cm³/mol. The Morgan fingerprint density at radius 3 is 2.21 bits per heavy atom. The van der Waals surface area contributed by atoms with E-state index in [0.717, 1.165) is 6.42 Å². The van der Waals surface area contributed by atoms with Crippen LogP contribution < -0.4 is 5.32 Å². The summed E-state index contributed by atoms with van der Waals surface area (Å²) in [6, 6.07) is 25.1. The van der Waals surface area contributed by atoms with Crippen LogP contribution in [0, 0.1) is 19.8 Å². The maximum Gasteiger partial charge on any atom is 0.0566 e. The summed E-state index contributed by atoms with van der Waals surface area (Å²) in [7, 11) is 0. The molecule has 3 atom stereocenters. The number of hydrogen-bond acceptors (Lipinski definition) is 1. The average molecular weight is 376 g/mol. The SMILES string of the molecule is Cc1cc(C)c2c(c1)NC(c1c3ccccc3cc3ccccc13)C1CC=CC21. The first-order valence-electron chi connectivity index (χ1n) is 10.7. The van der Waals surface area contributed by atoms with Crippen molar-refractivity contribution in [3.05, 3.63) is 101 Å². The van der Waals surface area contributed by atoms with Crippen LogP contribution in [0.3, 0.4) is 0 Å². The van der Waals surface area contributed by atoms with E-state index in [4.69, 9.17) is 0 Å². The van der Waals surface area contributed by atoms with E-state index in [1.165, 1.54) is 49.5 Å². The van der Waals surface area contributed by atoms with Gasteiger partial charge >= 0.3 is 0 Å². The van der Waals surface area contributed by atoms with E-state index < -0.39 is 0 Å². The first-order chi connectivity index (χ1) is 14.2. The lowest BCUT2D eigenvalue weighted by Gasteiger charge is -2.39. The highest BCUT2D eigenvalue weighted by Gasteiger charge is 2.39. The molecule has 1 aliphatic carbocycles. The molecule has 29 heavy (non-hydrogen) atoms. The second kappa shape index (κ2) is 6.22. The summed E-state index contributed by atoms with van der Waals surface area (Å²) in [6.07, 6.45) is 5.98. The molecule has 1 nitrogen and oxygen atoms in total. The quantitative estimate of drug-likeness (QED) is 0.269. The van der Waals surface area contributed by atoms with E-state index in [1.807, 2.05) is 0 Å². The molecule has 4 aromatic rings. The van der Waals surface area contributed by atoms with E-state index in [1.54, 1.807) is 0 Å². The van der Waals surface area contributed by atoms with Gasteiger partial charge < -0.3 is 5.32 Å². The van der Waals surface area contributed by atoms with Crippen molar-refractivity contribution in [1.29, 1.82) is 0 Å². The van der Waals surface area contributed by atoms with Gasteiger partial charge in [-0.2, -0.15) is 0 Å². The predicted octanol–water partition coefficient (Wildman–Crippen LogP) is 7.44. The van der Waals surface area contributed by atoms with Crippen molar-refractivity contribution in [2.75, 3.05) is 5.32 Å². The Hall–Kier alpha value is -3.06. The van der Waals surface area contributed by atoms with Crippen molar-refractivity contribution in [3.8, 4) is 0 Å².